The maximum atomic E-state index is 13.7. The van der Waals surface area contributed by atoms with Crippen LogP contribution in [-0.2, 0) is 14.3 Å². The van der Waals surface area contributed by atoms with Gasteiger partial charge in [0.1, 0.15) is 12.6 Å². The average molecular weight is 408 g/mol. The van der Waals surface area contributed by atoms with E-state index in [1.54, 1.807) is 6.07 Å². The molecule has 2 aliphatic carbocycles. The number of nitrogens with two attached hydrogens (primary N) is 1. The van der Waals surface area contributed by atoms with Gasteiger partial charge in [-0.2, -0.15) is 0 Å². The van der Waals surface area contributed by atoms with Crippen LogP contribution in [0, 0.1) is 0 Å². The number of ether oxygens (including phenoxy) is 1. The molecule has 0 bridgehead atoms. The largest absolute Gasteiger partial charge is 0.370 e. The third-order valence-electron chi connectivity index (χ3n) is 5.65. The second-order valence-corrected chi connectivity index (χ2v) is 7.82. The lowest BCUT2D eigenvalue weighted by Crippen LogP contribution is -2.50. The minimum absolute atomic E-state index is 0.0550. The van der Waals surface area contributed by atoms with Crippen LogP contribution < -0.4 is 16.0 Å². The van der Waals surface area contributed by atoms with E-state index < -0.39 is 12.5 Å². The van der Waals surface area contributed by atoms with E-state index >= 15 is 0 Å². The van der Waals surface area contributed by atoms with Gasteiger partial charge in [0.25, 0.3) is 12.3 Å². The normalized spacial score (nSPS) is 21.0. The molecule has 3 aliphatic rings. The molecule has 3 N–H and O–H groups in total. The number of alkyl halides is 2. The van der Waals surface area contributed by atoms with E-state index in [0.29, 0.717) is 30.9 Å². The predicted octanol–water partition coefficient (Wildman–Crippen LogP) is 1.88. The SMILES string of the molecule is NC[C@H](C(=O)Nc1ccc(N2CCOCC2=O)cc1C(F)F)N(C1CC1)C1CC1. The topological polar surface area (TPSA) is 87.9 Å². The minimum atomic E-state index is -2.79. The number of amides is 2. The Balaban J connectivity index is 1.53. The van der Waals surface area contributed by atoms with E-state index in [1.165, 1.54) is 17.0 Å². The lowest BCUT2D eigenvalue weighted by molar-refractivity contribution is -0.125. The van der Waals surface area contributed by atoms with Crippen molar-refractivity contribution in [2.24, 2.45) is 5.73 Å². The first-order valence-electron chi connectivity index (χ1n) is 10.1. The van der Waals surface area contributed by atoms with E-state index in [9.17, 15) is 18.4 Å². The molecule has 1 aromatic carbocycles. The zero-order valence-corrected chi connectivity index (χ0v) is 16.2. The van der Waals surface area contributed by atoms with Gasteiger partial charge in [0, 0.05) is 42.1 Å². The van der Waals surface area contributed by atoms with Gasteiger partial charge < -0.3 is 20.7 Å². The first kappa shape index (κ1) is 20.2. The maximum absolute atomic E-state index is 13.7. The van der Waals surface area contributed by atoms with E-state index in [0.717, 1.165) is 25.7 Å². The van der Waals surface area contributed by atoms with Crippen molar-refractivity contribution in [1.29, 1.82) is 0 Å². The van der Waals surface area contributed by atoms with E-state index in [4.69, 9.17) is 10.5 Å². The standard InChI is InChI=1S/C20H26F2N4O3/c21-19(22)15-9-14(25-7-8-29-11-18(25)27)5-6-16(15)24-20(28)17(10-23)26(12-1-2-12)13-3-4-13/h5-6,9,12-13,17,19H,1-4,7-8,10-11,23H2,(H,24,28)/t17-/m1/s1. The summed E-state index contributed by atoms with van der Waals surface area (Å²) in [5, 5.41) is 2.66. The van der Waals surface area contributed by atoms with Gasteiger partial charge in [0.2, 0.25) is 5.91 Å². The van der Waals surface area contributed by atoms with Crippen molar-refractivity contribution in [3.05, 3.63) is 23.8 Å². The summed E-state index contributed by atoms with van der Waals surface area (Å²) in [6.45, 7) is 0.729. The molecule has 1 aromatic rings. The Kier molecular flexibility index (Phi) is 5.80. The molecule has 0 unspecified atom stereocenters. The summed E-state index contributed by atoms with van der Waals surface area (Å²) >= 11 is 0. The molecule has 29 heavy (non-hydrogen) atoms. The van der Waals surface area contributed by atoms with Crippen molar-refractivity contribution in [2.75, 3.05) is 36.5 Å². The summed E-state index contributed by atoms with van der Waals surface area (Å²) in [7, 11) is 0. The minimum Gasteiger partial charge on any atom is -0.370 e. The number of benzene rings is 1. The third-order valence-corrected chi connectivity index (χ3v) is 5.65. The summed E-state index contributed by atoms with van der Waals surface area (Å²) in [6.07, 6.45) is 1.39. The molecule has 1 saturated heterocycles. The van der Waals surface area contributed by atoms with Gasteiger partial charge in [-0.25, -0.2) is 8.78 Å². The summed E-state index contributed by atoms with van der Waals surface area (Å²) in [4.78, 5) is 28.5. The number of hydrogen-bond donors (Lipinski definition) is 2. The molecule has 1 heterocycles. The second-order valence-electron chi connectivity index (χ2n) is 7.82. The van der Waals surface area contributed by atoms with Crippen LogP contribution in [0.2, 0.25) is 0 Å². The highest BCUT2D eigenvalue weighted by atomic mass is 19.3. The Morgan fingerprint density at radius 3 is 2.52 bits per heavy atom. The quantitative estimate of drug-likeness (QED) is 0.686. The van der Waals surface area contributed by atoms with Crippen LogP contribution in [0.5, 0.6) is 0 Å². The number of carbonyl (C=O) groups is 2. The van der Waals surface area contributed by atoms with Gasteiger partial charge in [0.05, 0.1) is 6.61 Å². The van der Waals surface area contributed by atoms with Crippen LogP contribution in [0.4, 0.5) is 20.2 Å². The summed E-state index contributed by atoms with van der Waals surface area (Å²) in [5.41, 5.74) is 6.01. The van der Waals surface area contributed by atoms with Gasteiger partial charge in [-0.05, 0) is 43.9 Å². The molecule has 0 radical (unpaired) electrons. The van der Waals surface area contributed by atoms with Crippen molar-refractivity contribution in [2.45, 2.75) is 50.2 Å². The Bertz CT molecular complexity index is 771. The first-order valence-corrected chi connectivity index (χ1v) is 10.1. The monoisotopic (exact) mass is 408 g/mol. The first-order chi connectivity index (χ1) is 14.0. The fraction of sp³-hybridized carbons (Fsp3) is 0.600. The molecule has 158 valence electrons. The Hall–Kier alpha value is -2.10. The number of morpholine rings is 1. The summed E-state index contributed by atoms with van der Waals surface area (Å²) in [6, 6.07) is 4.48. The third kappa shape index (κ3) is 4.41. The Morgan fingerprint density at radius 1 is 1.28 bits per heavy atom. The molecule has 7 nitrogen and oxygen atoms in total. The zero-order valence-electron chi connectivity index (χ0n) is 16.2. The van der Waals surface area contributed by atoms with Crippen molar-refractivity contribution in [3.63, 3.8) is 0 Å². The molecule has 2 saturated carbocycles. The highest BCUT2D eigenvalue weighted by Crippen LogP contribution is 2.39. The van der Waals surface area contributed by atoms with Crippen LogP contribution in [0.1, 0.15) is 37.7 Å². The molecule has 3 fully saturated rings. The van der Waals surface area contributed by atoms with Gasteiger partial charge in [-0.15, -0.1) is 0 Å². The number of anilines is 2. The molecule has 1 atom stereocenters. The number of hydrogen-bond acceptors (Lipinski definition) is 5. The van der Waals surface area contributed by atoms with Crippen LogP contribution in [-0.4, -0.2) is 61.1 Å². The molecule has 0 aromatic heterocycles. The van der Waals surface area contributed by atoms with Crippen LogP contribution in [0.3, 0.4) is 0 Å². The maximum Gasteiger partial charge on any atom is 0.265 e. The second kappa shape index (κ2) is 8.33. The van der Waals surface area contributed by atoms with E-state index in [-0.39, 0.29) is 36.2 Å². The molecule has 0 spiro atoms. The fourth-order valence-electron chi connectivity index (χ4n) is 3.94. The molecule has 1 aliphatic heterocycles. The van der Waals surface area contributed by atoms with Crippen molar-refractivity contribution in [1.82, 2.24) is 4.90 Å². The fourth-order valence-corrected chi connectivity index (χ4v) is 3.94. The number of halogens is 2. The van der Waals surface area contributed by atoms with Crippen molar-refractivity contribution < 1.29 is 23.1 Å². The number of carbonyl (C=O) groups excluding carboxylic acids is 2. The molecule has 4 rings (SSSR count). The Labute approximate surface area is 168 Å². The van der Waals surface area contributed by atoms with Crippen LogP contribution >= 0.6 is 0 Å². The van der Waals surface area contributed by atoms with E-state index in [2.05, 4.69) is 10.2 Å². The smallest absolute Gasteiger partial charge is 0.265 e. The molecule has 2 amide bonds. The summed E-state index contributed by atoms with van der Waals surface area (Å²) in [5.74, 6) is -0.635. The van der Waals surface area contributed by atoms with Gasteiger partial charge in [0.15, 0.2) is 0 Å². The molecular formula is C20H26F2N4O3. The van der Waals surface area contributed by atoms with Crippen LogP contribution in [0.25, 0.3) is 0 Å². The summed E-state index contributed by atoms with van der Waals surface area (Å²) < 4.78 is 32.5. The van der Waals surface area contributed by atoms with Gasteiger partial charge >= 0.3 is 0 Å². The number of rotatable bonds is 8. The van der Waals surface area contributed by atoms with Gasteiger partial charge in [-0.3, -0.25) is 14.5 Å². The highest BCUT2D eigenvalue weighted by molar-refractivity contribution is 5.98. The van der Waals surface area contributed by atoms with Crippen molar-refractivity contribution >= 4 is 23.2 Å². The van der Waals surface area contributed by atoms with E-state index in [1.807, 2.05) is 0 Å². The average Bonchev–Trinajstić information content (AvgIpc) is 3.61. The number of nitrogens with zero attached hydrogens (tertiary/aromatic N) is 2. The Morgan fingerprint density at radius 2 is 1.97 bits per heavy atom. The zero-order chi connectivity index (χ0) is 20.5. The van der Waals surface area contributed by atoms with Crippen LogP contribution in [0.15, 0.2) is 18.2 Å². The number of nitrogens with one attached hydrogen (secondary N) is 1. The lowest BCUT2D eigenvalue weighted by atomic mass is 10.1. The predicted molar refractivity (Wildman–Crippen MR) is 104 cm³/mol. The van der Waals surface area contributed by atoms with Crippen molar-refractivity contribution in [3.8, 4) is 0 Å². The van der Waals surface area contributed by atoms with Gasteiger partial charge in [-0.1, -0.05) is 0 Å². The molecule has 9 heteroatoms. The molecular weight excluding hydrogens is 382 g/mol. The highest BCUT2D eigenvalue weighted by Gasteiger charge is 2.44. The lowest BCUT2D eigenvalue weighted by Gasteiger charge is -2.30.